The van der Waals surface area contributed by atoms with Crippen LogP contribution in [0.5, 0.6) is 11.5 Å². The summed E-state index contributed by atoms with van der Waals surface area (Å²) in [5, 5.41) is 0. The Morgan fingerprint density at radius 3 is 2.96 bits per heavy atom. The molecule has 0 aromatic heterocycles. The fourth-order valence-electron chi connectivity index (χ4n) is 3.38. The highest BCUT2D eigenvalue weighted by Gasteiger charge is 2.24. The van der Waals surface area contributed by atoms with E-state index < -0.39 is 0 Å². The van der Waals surface area contributed by atoms with Crippen molar-refractivity contribution in [1.29, 1.82) is 0 Å². The molecule has 0 bridgehead atoms. The number of hydrogen-bond donors (Lipinski definition) is 0. The third-order valence-corrected chi connectivity index (χ3v) is 4.86. The maximum Gasteiger partial charge on any atom is 0.231 e. The molecule has 3 rings (SSSR count). The number of rotatable bonds is 7. The second-order valence-corrected chi connectivity index (χ2v) is 7.34. The van der Waals surface area contributed by atoms with Crippen molar-refractivity contribution in [1.82, 2.24) is 4.90 Å². The summed E-state index contributed by atoms with van der Waals surface area (Å²) in [5.41, 5.74) is 1.11. The van der Waals surface area contributed by atoms with Gasteiger partial charge in [0.2, 0.25) is 12.7 Å². The van der Waals surface area contributed by atoms with Crippen LogP contribution < -0.4 is 9.47 Å². The van der Waals surface area contributed by atoms with E-state index in [-0.39, 0.29) is 18.8 Å². The minimum Gasteiger partial charge on any atom is -0.454 e. The smallest absolute Gasteiger partial charge is 0.231 e. The lowest BCUT2D eigenvalue weighted by Gasteiger charge is -2.33. The first-order chi connectivity index (χ1) is 12.1. The number of nitrogens with zero attached hydrogens (tertiary/aromatic N) is 1. The molecule has 0 spiro atoms. The van der Waals surface area contributed by atoms with Crippen LogP contribution in [0.3, 0.4) is 0 Å². The van der Waals surface area contributed by atoms with Crippen molar-refractivity contribution in [2.45, 2.75) is 52.1 Å². The van der Waals surface area contributed by atoms with E-state index in [1.54, 1.807) is 0 Å². The number of amides is 1. The maximum absolute atomic E-state index is 12.5. The molecule has 2 aliphatic heterocycles. The third-order valence-electron chi connectivity index (χ3n) is 4.86. The van der Waals surface area contributed by atoms with Gasteiger partial charge in [-0.1, -0.05) is 32.8 Å². The quantitative estimate of drug-likeness (QED) is 0.758. The second kappa shape index (κ2) is 8.56. The van der Waals surface area contributed by atoms with Crippen molar-refractivity contribution in [2.24, 2.45) is 5.92 Å². The summed E-state index contributed by atoms with van der Waals surface area (Å²) >= 11 is 0. The van der Waals surface area contributed by atoms with Crippen LogP contribution in [-0.2, 0) is 16.0 Å². The van der Waals surface area contributed by atoms with Gasteiger partial charge in [0.05, 0.1) is 12.7 Å². The number of carbonyl (C=O) groups is 1. The maximum atomic E-state index is 12.5. The van der Waals surface area contributed by atoms with E-state index in [1.807, 2.05) is 23.1 Å². The number of benzene rings is 1. The fourth-order valence-corrected chi connectivity index (χ4v) is 3.38. The summed E-state index contributed by atoms with van der Waals surface area (Å²) in [4.78, 5) is 14.5. The van der Waals surface area contributed by atoms with Crippen LogP contribution in [0.15, 0.2) is 18.2 Å². The van der Waals surface area contributed by atoms with Gasteiger partial charge in [0, 0.05) is 19.5 Å². The molecular formula is C20H29NO4. The van der Waals surface area contributed by atoms with Gasteiger partial charge in [0.1, 0.15) is 0 Å². The van der Waals surface area contributed by atoms with Crippen LogP contribution in [0, 0.1) is 5.92 Å². The molecule has 0 N–H and O–H groups in total. The van der Waals surface area contributed by atoms with Gasteiger partial charge in [-0.05, 0) is 36.5 Å². The Morgan fingerprint density at radius 2 is 2.12 bits per heavy atom. The average Bonchev–Trinajstić information content (AvgIpc) is 3.07. The number of ether oxygens (including phenoxy) is 3. The Labute approximate surface area is 150 Å². The summed E-state index contributed by atoms with van der Waals surface area (Å²) in [7, 11) is 0. The number of carbonyl (C=O) groups excluding carboxylic acids is 1. The lowest BCUT2D eigenvalue weighted by Crippen LogP contribution is -2.45. The number of fused-ring (bicyclic) bond motifs is 1. The molecule has 138 valence electrons. The zero-order valence-electron chi connectivity index (χ0n) is 15.3. The van der Waals surface area contributed by atoms with Crippen molar-refractivity contribution in [3.63, 3.8) is 0 Å². The van der Waals surface area contributed by atoms with Gasteiger partial charge in [-0.3, -0.25) is 4.79 Å². The molecule has 1 amide bonds. The molecule has 5 nitrogen and oxygen atoms in total. The predicted octanol–water partition coefficient (Wildman–Crippen LogP) is 3.40. The highest BCUT2D eigenvalue weighted by Crippen LogP contribution is 2.32. The minimum atomic E-state index is 0.196. The van der Waals surface area contributed by atoms with E-state index in [0.717, 1.165) is 42.4 Å². The molecule has 25 heavy (non-hydrogen) atoms. The molecule has 5 heteroatoms. The summed E-state index contributed by atoms with van der Waals surface area (Å²) in [6.45, 7) is 6.87. The Hall–Kier alpha value is -1.75. The minimum absolute atomic E-state index is 0.196. The van der Waals surface area contributed by atoms with E-state index in [2.05, 4.69) is 13.8 Å². The lowest BCUT2D eigenvalue weighted by atomic mass is 10.0. The molecule has 1 aromatic rings. The fraction of sp³-hybridized carbons (Fsp3) is 0.650. The van der Waals surface area contributed by atoms with Crippen LogP contribution >= 0.6 is 0 Å². The highest BCUT2D eigenvalue weighted by molar-refractivity contribution is 5.76. The van der Waals surface area contributed by atoms with E-state index in [4.69, 9.17) is 14.2 Å². The van der Waals surface area contributed by atoms with Crippen molar-refractivity contribution < 1.29 is 19.0 Å². The van der Waals surface area contributed by atoms with Crippen LogP contribution in [-0.4, -0.2) is 43.4 Å². The molecule has 0 saturated carbocycles. The van der Waals surface area contributed by atoms with Crippen LogP contribution in [0.2, 0.25) is 0 Å². The molecule has 1 atom stereocenters. The molecule has 2 aliphatic rings. The highest BCUT2D eigenvalue weighted by atomic mass is 16.7. The first-order valence-electron chi connectivity index (χ1n) is 9.39. The van der Waals surface area contributed by atoms with Crippen molar-refractivity contribution in [2.75, 3.05) is 26.5 Å². The molecule has 1 aromatic carbocycles. The Morgan fingerprint density at radius 1 is 1.28 bits per heavy atom. The van der Waals surface area contributed by atoms with E-state index >= 15 is 0 Å². The largest absolute Gasteiger partial charge is 0.454 e. The SMILES string of the molecule is CC(C)CCCC1CN(C(=O)CCc2ccc3c(c2)OCO3)CCO1. The summed E-state index contributed by atoms with van der Waals surface area (Å²) < 4.78 is 16.5. The van der Waals surface area contributed by atoms with Crippen molar-refractivity contribution in [3.8, 4) is 11.5 Å². The van der Waals surface area contributed by atoms with Crippen molar-refractivity contribution in [3.05, 3.63) is 23.8 Å². The summed E-state index contributed by atoms with van der Waals surface area (Å²) in [6.07, 6.45) is 4.88. The van der Waals surface area contributed by atoms with Crippen LogP contribution in [0.1, 0.15) is 45.1 Å². The Balaban J connectivity index is 1.44. The molecule has 2 heterocycles. The second-order valence-electron chi connectivity index (χ2n) is 7.34. The van der Waals surface area contributed by atoms with Gasteiger partial charge in [-0.15, -0.1) is 0 Å². The van der Waals surface area contributed by atoms with Gasteiger partial charge in [-0.2, -0.15) is 0 Å². The number of hydrogen-bond acceptors (Lipinski definition) is 4. The first kappa shape index (κ1) is 18.1. The van der Waals surface area contributed by atoms with Gasteiger partial charge >= 0.3 is 0 Å². The monoisotopic (exact) mass is 347 g/mol. The third kappa shape index (κ3) is 5.11. The number of morpholine rings is 1. The van der Waals surface area contributed by atoms with Gasteiger partial charge in [0.15, 0.2) is 11.5 Å². The zero-order chi connectivity index (χ0) is 17.6. The Kier molecular flexibility index (Phi) is 6.19. The van der Waals surface area contributed by atoms with Crippen molar-refractivity contribution >= 4 is 5.91 Å². The predicted molar refractivity (Wildman–Crippen MR) is 95.9 cm³/mol. The van der Waals surface area contributed by atoms with Crippen LogP contribution in [0.25, 0.3) is 0 Å². The normalized spacial score (nSPS) is 19.5. The van der Waals surface area contributed by atoms with Gasteiger partial charge < -0.3 is 19.1 Å². The topological polar surface area (TPSA) is 48.0 Å². The van der Waals surface area contributed by atoms with Gasteiger partial charge in [0.25, 0.3) is 0 Å². The lowest BCUT2D eigenvalue weighted by molar-refractivity contribution is -0.139. The van der Waals surface area contributed by atoms with Crippen LogP contribution in [0.4, 0.5) is 0 Å². The van der Waals surface area contributed by atoms with E-state index in [9.17, 15) is 4.79 Å². The standard InChI is InChI=1S/C20H29NO4/c1-15(2)4-3-5-17-13-21(10-11-23-17)20(22)9-7-16-6-8-18-19(12-16)25-14-24-18/h6,8,12,15,17H,3-5,7,9-11,13-14H2,1-2H3. The first-order valence-corrected chi connectivity index (χ1v) is 9.39. The van der Waals surface area contributed by atoms with Gasteiger partial charge in [-0.25, -0.2) is 0 Å². The van der Waals surface area contributed by atoms with E-state index in [0.29, 0.717) is 19.6 Å². The average molecular weight is 347 g/mol. The molecule has 1 fully saturated rings. The summed E-state index contributed by atoms with van der Waals surface area (Å²) in [6, 6.07) is 5.90. The molecular weight excluding hydrogens is 318 g/mol. The Bertz CT molecular complexity index is 587. The molecule has 0 aliphatic carbocycles. The summed E-state index contributed by atoms with van der Waals surface area (Å²) in [5.74, 6) is 2.51. The number of aryl methyl sites for hydroxylation is 1. The molecule has 0 radical (unpaired) electrons. The molecule has 1 saturated heterocycles. The zero-order valence-corrected chi connectivity index (χ0v) is 15.3. The molecule has 1 unspecified atom stereocenters. The van der Waals surface area contributed by atoms with E-state index in [1.165, 1.54) is 12.8 Å².